The van der Waals surface area contributed by atoms with Crippen LogP contribution in [0, 0.1) is 11.8 Å². The van der Waals surface area contributed by atoms with Crippen LogP contribution in [0.3, 0.4) is 0 Å². The lowest BCUT2D eigenvalue weighted by atomic mass is 9.87. The molecule has 2 fully saturated rings. The largest absolute Gasteiger partial charge is 0.488 e. The van der Waals surface area contributed by atoms with Crippen LogP contribution < -0.4 is 20.1 Å². The number of ether oxygens (including phenoxy) is 4. The van der Waals surface area contributed by atoms with E-state index in [1.807, 2.05) is 24.3 Å². The van der Waals surface area contributed by atoms with Gasteiger partial charge in [-0.1, -0.05) is 50.9 Å². The van der Waals surface area contributed by atoms with Gasteiger partial charge in [-0.15, -0.1) is 0 Å². The molecule has 2 aromatic heterocycles. The number of carbonyl (C=O) groups is 4. The molecule has 20 heteroatoms. The van der Waals surface area contributed by atoms with Gasteiger partial charge in [0.2, 0.25) is 11.8 Å². The van der Waals surface area contributed by atoms with Crippen molar-refractivity contribution in [2.45, 2.75) is 90.3 Å². The molecule has 8 rings (SSSR count). The zero-order chi connectivity index (χ0) is 44.3. The summed E-state index contributed by atoms with van der Waals surface area (Å²) < 4.78 is 52.1. The highest BCUT2D eigenvalue weighted by Crippen LogP contribution is 2.52. The molecule has 6 heterocycles. The molecule has 4 amide bonds. The molecule has 4 aromatic rings. The van der Waals surface area contributed by atoms with Crippen molar-refractivity contribution in [3.05, 3.63) is 57.3 Å². The van der Waals surface area contributed by atoms with Crippen LogP contribution in [0.15, 0.2) is 24.3 Å². The number of likely N-dealkylation sites (tertiary alicyclic amines) is 2. The Hall–Kier alpha value is -5.62. The van der Waals surface area contributed by atoms with E-state index in [4.69, 9.17) is 42.1 Å². The molecule has 0 unspecified atom stereocenters. The van der Waals surface area contributed by atoms with Crippen LogP contribution in [0.25, 0.3) is 33.6 Å². The maximum atomic E-state index is 15.0. The number of aromatic amines is 2. The fraction of sp³-hybridized carbons (Fsp3) is 0.476. The Morgan fingerprint density at radius 3 is 1.45 bits per heavy atom. The first-order valence-electron chi connectivity index (χ1n) is 20.3. The maximum absolute atomic E-state index is 15.0. The summed E-state index contributed by atoms with van der Waals surface area (Å²) in [5.41, 5.74) is 5.50. The minimum Gasteiger partial charge on any atom is -0.488 e. The minimum absolute atomic E-state index is 0.0111. The van der Waals surface area contributed by atoms with E-state index in [1.165, 1.54) is 24.0 Å². The van der Waals surface area contributed by atoms with Gasteiger partial charge in [-0.3, -0.25) is 9.59 Å². The Labute approximate surface area is 365 Å². The lowest BCUT2D eigenvalue weighted by Crippen LogP contribution is -2.51. The molecule has 4 aliphatic rings. The van der Waals surface area contributed by atoms with Crippen LogP contribution in [0.4, 0.5) is 18.4 Å². The molecular formula is C42H46Cl2F2N8O8. The average Bonchev–Trinajstić information content (AvgIpc) is 4.04. The quantitative estimate of drug-likeness (QED) is 0.126. The van der Waals surface area contributed by atoms with Gasteiger partial charge in [0.25, 0.3) is 0 Å². The molecule has 0 aliphatic carbocycles. The predicted molar refractivity (Wildman–Crippen MR) is 222 cm³/mol. The van der Waals surface area contributed by atoms with Gasteiger partial charge >= 0.3 is 12.2 Å². The number of carbonyl (C=O) groups excluding carboxylic acids is 4. The van der Waals surface area contributed by atoms with Crippen LogP contribution >= 0.6 is 23.2 Å². The number of alkyl halides is 2. The number of nitrogens with one attached hydrogen (secondary N) is 4. The standard InChI is InChI=1S/C42H46Cl2F2N8O8/c1-17(2)31(49-41(57)59-5)39(55)53-13-23(45)11-25(53)37-47-33(35(43)51-37)19-7-21-15-62-28-10-20(8-22-16-61-27(9-19)29(21)30(22)28)34-36(44)52-38(48-34)26-12-24(46)14-54(26)40(56)32(18(3)4)50-42(58)60-6/h7-10,17-18,23-26,31-32H,11-16H2,1-6H3,(H,47,51)(H,48,52)(H,49,57)(H,50,58)/t23-,24-,25+,26+,31+,32+/m1/s1. The number of hydrogen-bond acceptors (Lipinski definition) is 10. The SMILES string of the molecule is COC(=O)N[C@H](C(=O)N1C[C@H](F)C[C@H]1c1nc(Cl)c(-c2cc3c4c(c2)OCc2cc(-c5[nH]c([C@@H]6C[C@@H](F)CN6C(=O)[C@@H](NC(=O)OC)C(C)C)nc5Cl)cc(c2-4)OC3)[nH]1)C(C)C. The van der Waals surface area contributed by atoms with E-state index in [1.54, 1.807) is 27.7 Å². The lowest BCUT2D eigenvalue weighted by molar-refractivity contribution is -0.136. The third-order valence-corrected chi connectivity index (χ3v) is 12.3. The van der Waals surface area contributed by atoms with Gasteiger partial charge in [0.1, 0.15) is 60.8 Å². The van der Waals surface area contributed by atoms with Crippen molar-refractivity contribution in [1.29, 1.82) is 0 Å². The minimum atomic E-state index is -1.32. The molecule has 16 nitrogen and oxygen atoms in total. The number of halogens is 4. The smallest absolute Gasteiger partial charge is 0.407 e. The first kappa shape index (κ1) is 43.0. The normalized spacial score (nSPS) is 21.0. The van der Waals surface area contributed by atoms with E-state index in [9.17, 15) is 28.0 Å². The van der Waals surface area contributed by atoms with Gasteiger partial charge in [0, 0.05) is 46.2 Å². The average molecular weight is 900 g/mol. The van der Waals surface area contributed by atoms with Gasteiger partial charge in [-0.25, -0.2) is 28.3 Å². The number of hydrogen-bond donors (Lipinski definition) is 4. The van der Waals surface area contributed by atoms with Gasteiger partial charge < -0.3 is 49.3 Å². The van der Waals surface area contributed by atoms with Crippen LogP contribution in [-0.4, -0.2) is 105 Å². The van der Waals surface area contributed by atoms with Gasteiger partial charge in [0.15, 0.2) is 10.3 Å². The first-order chi connectivity index (χ1) is 29.6. The second-order valence-corrected chi connectivity index (χ2v) is 17.3. The van der Waals surface area contributed by atoms with E-state index in [0.29, 0.717) is 45.7 Å². The first-order valence-corrected chi connectivity index (χ1v) is 21.0. The van der Waals surface area contributed by atoms with E-state index in [-0.39, 0.29) is 61.3 Å². The Morgan fingerprint density at radius 2 is 1.10 bits per heavy atom. The monoisotopic (exact) mass is 898 g/mol. The van der Waals surface area contributed by atoms with Crippen molar-refractivity contribution in [2.24, 2.45) is 11.8 Å². The Kier molecular flexibility index (Phi) is 11.7. The van der Waals surface area contributed by atoms with E-state index in [0.717, 1.165) is 22.3 Å². The van der Waals surface area contributed by atoms with Gasteiger partial charge in [-0.05, 0) is 36.1 Å². The number of nitrogens with zero attached hydrogens (tertiary/aromatic N) is 4. The molecule has 6 atom stereocenters. The van der Waals surface area contributed by atoms with Crippen molar-refractivity contribution < 1.29 is 46.9 Å². The van der Waals surface area contributed by atoms with Crippen LogP contribution in [0.1, 0.15) is 75.4 Å². The number of benzene rings is 2. The fourth-order valence-electron chi connectivity index (χ4n) is 8.74. The predicted octanol–water partition coefficient (Wildman–Crippen LogP) is 7.21. The van der Waals surface area contributed by atoms with Crippen LogP contribution in [0.5, 0.6) is 11.5 Å². The van der Waals surface area contributed by atoms with Crippen LogP contribution in [0.2, 0.25) is 10.3 Å². The highest BCUT2D eigenvalue weighted by Gasteiger charge is 2.44. The number of rotatable bonds is 10. The summed E-state index contributed by atoms with van der Waals surface area (Å²) >= 11 is 13.5. The summed E-state index contributed by atoms with van der Waals surface area (Å²) in [5, 5.41) is 5.37. The molecule has 2 saturated heterocycles. The van der Waals surface area contributed by atoms with Crippen molar-refractivity contribution in [3.8, 4) is 45.1 Å². The second kappa shape index (κ2) is 16.9. The summed E-state index contributed by atoms with van der Waals surface area (Å²) in [6.07, 6.45) is -4.20. The highest BCUT2D eigenvalue weighted by molar-refractivity contribution is 6.32. The van der Waals surface area contributed by atoms with Crippen molar-refractivity contribution >= 4 is 47.2 Å². The topological polar surface area (TPSA) is 193 Å². The van der Waals surface area contributed by atoms with Crippen molar-refractivity contribution in [3.63, 3.8) is 0 Å². The number of H-pyrrole nitrogens is 2. The molecule has 62 heavy (non-hydrogen) atoms. The summed E-state index contributed by atoms with van der Waals surface area (Å²) in [4.78, 5) is 69.8. The number of imidazole rings is 2. The molecule has 0 bridgehead atoms. The Balaban J connectivity index is 1.06. The fourth-order valence-corrected chi connectivity index (χ4v) is 9.23. The lowest BCUT2D eigenvalue weighted by Gasteiger charge is -2.30. The molecule has 0 radical (unpaired) electrons. The van der Waals surface area contributed by atoms with Crippen LogP contribution in [-0.2, 0) is 32.3 Å². The zero-order valence-electron chi connectivity index (χ0n) is 34.7. The summed E-state index contributed by atoms with van der Waals surface area (Å²) in [5.74, 6) is 0.233. The molecule has 0 saturated carbocycles. The molecule has 330 valence electrons. The second-order valence-electron chi connectivity index (χ2n) is 16.6. The number of amides is 4. The summed E-state index contributed by atoms with van der Waals surface area (Å²) in [6, 6.07) is 4.08. The van der Waals surface area contributed by atoms with E-state index < -0.39 is 60.5 Å². The third kappa shape index (κ3) is 7.86. The number of aromatic nitrogens is 4. The highest BCUT2D eigenvalue weighted by atomic mass is 35.5. The molecular weight excluding hydrogens is 853 g/mol. The number of methoxy groups -OCH3 is 2. The Bertz CT molecular complexity index is 2230. The molecule has 4 N–H and O–H groups in total. The third-order valence-electron chi connectivity index (χ3n) is 11.8. The number of alkyl carbamates (subject to hydrolysis) is 2. The Morgan fingerprint density at radius 1 is 0.710 bits per heavy atom. The van der Waals surface area contributed by atoms with Gasteiger partial charge in [0.05, 0.1) is 50.8 Å². The van der Waals surface area contributed by atoms with E-state index >= 15 is 0 Å². The summed E-state index contributed by atoms with van der Waals surface area (Å²) in [7, 11) is 2.41. The van der Waals surface area contributed by atoms with E-state index in [2.05, 4.69) is 30.6 Å². The van der Waals surface area contributed by atoms with Crippen molar-refractivity contribution in [1.82, 2.24) is 40.4 Å². The maximum Gasteiger partial charge on any atom is 0.407 e. The summed E-state index contributed by atoms with van der Waals surface area (Å²) in [6.45, 7) is 7.08. The zero-order valence-corrected chi connectivity index (χ0v) is 36.2. The van der Waals surface area contributed by atoms with Crippen molar-refractivity contribution in [2.75, 3.05) is 27.3 Å². The molecule has 4 aliphatic heterocycles. The molecule has 0 spiro atoms. The van der Waals surface area contributed by atoms with Gasteiger partial charge in [-0.2, -0.15) is 0 Å². The molecule has 2 aromatic carbocycles.